The van der Waals surface area contributed by atoms with Crippen LogP contribution in [0.5, 0.6) is 0 Å². The van der Waals surface area contributed by atoms with Crippen LogP contribution in [-0.4, -0.2) is 46.8 Å². The number of ether oxygens (including phenoxy) is 1. The Bertz CT molecular complexity index is 979. The molecule has 0 saturated carbocycles. The van der Waals surface area contributed by atoms with Gasteiger partial charge in [-0.15, -0.1) is 0 Å². The molecule has 0 aliphatic heterocycles. The fourth-order valence-electron chi connectivity index (χ4n) is 3.19. The van der Waals surface area contributed by atoms with E-state index in [1.807, 2.05) is 29.7 Å². The summed E-state index contributed by atoms with van der Waals surface area (Å²) in [5.41, 5.74) is 7.08. The number of pyridine rings is 1. The molecule has 6 heteroatoms. The van der Waals surface area contributed by atoms with E-state index in [4.69, 9.17) is 14.8 Å². The molecule has 0 unspecified atom stereocenters. The number of aliphatic hydroxyl groups is 1. The summed E-state index contributed by atoms with van der Waals surface area (Å²) in [4.78, 5) is 17.4. The Morgan fingerprint density at radius 1 is 1.14 bits per heavy atom. The van der Waals surface area contributed by atoms with Crippen LogP contribution in [0, 0.1) is 20.8 Å². The number of aliphatic hydroxyl groups excluding tert-OH is 1. The zero-order valence-electron chi connectivity index (χ0n) is 16.7. The van der Waals surface area contributed by atoms with Gasteiger partial charge >= 0.3 is 0 Å². The zero-order valence-corrected chi connectivity index (χ0v) is 16.7. The van der Waals surface area contributed by atoms with Crippen LogP contribution in [0.1, 0.15) is 22.4 Å². The van der Waals surface area contributed by atoms with E-state index in [0.717, 1.165) is 28.2 Å². The number of aromatic nitrogens is 2. The quantitative estimate of drug-likeness (QED) is 0.588. The molecule has 0 atom stereocenters. The second-order valence-electron chi connectivity index (χ2n) is 6.95. The highest BCUT2D eigenvalue weighted by Crippen LogP contribution is 2.27. The number of rotatable bonds is 8. The largest absolute Gasteiger partial charge is 0.394 e. The second-order valence-corrected chi connectivity index (χ2v) is 6.95. The highest BCUT2D eigenvalue weighted by molar-refractivity contribution is 5.82. The van der Waals surface area contributed by atoms with Gasteiger partial charge in [-0.25, -0.2) is 4.98 Å². The molecular formula is C22H27N3O3. The van der Waals surface area contributed by atoms with Crippen molar-refractivity contribution in [2.24, 2.45) is 0 Å². The summed E-state index contributed by atoms with van der Waals surface area (Å²) in [7, 11) is 0. The summed E-state index contributed by atoms with van der Waals surface area (Å²) in [5, 5.41) is 11.6. The van der Waals surface area contributed by atoms with Crippen molar-refractivity contribution in [3.63, 3.8) is 0 Å². The van der Waals surface area contributed by atoms with Crippen LogP contribution >= 0.6 is 0 Å². The number of aryl methyl sites for hydroxylation is 3. The van der Waals surface area contributed by atoms with E-state index >= 15 is 0 Å². The van der Waals surface area contributed by atoms with Gasteiger partial charge in [-0.2, -0.15) is 0 Å². The summed E-state index contributed by atoms with van der Waals surface area (Å²) in [6.45, 7) is 7.23. The van der Waals surface area contributed by atoms with Crippen molar-refractivity contribution in [1.29, 1.82) is 0 Å². The SMILES string of the molecule is Cc1ccc(-c2nc3c(C)cccn3c2CC(=O)NCCOCCO)cc1C. The van der Waals surface area contributed by atoms with E-state index in [9.17, 15) is 4.79 Å². The molecule has 3 aromatic rings. The fraction of sp³-hybridized carbons (Fsp3) is 0.364. The standard InChI is InChI=1S/C22H27N3O3/c1-15-6-7-18(13-17(15)3)21-19(14-20(27)23-8-11-28-12-10-26)25-9-4-5-16(2)22(25)24-21/h4-7,9,13,26H,8,10-12,14H2,1-3H3,(H,23,27). The number of nitrogens with zero attached hydrogens (tertiary/aromatic N) is 2. The molecule has 0 aliphatic rings. The first-order chi connectivity index (χ1) is 13.5. The Hall–Kier alpha value is -2.70. The lowest BCUT2D eigenvalue weighted by atomic mass is 10.0. The average Bonchev–Trinajstić information content (AvgIpc) is 3.04. The molecule has 28 heavy (non-hydrogen) atoms. The highest BCUT2D eigenvalue weighted by Gasteiger charge is 2.18. The Labute approximate surface area is 165 Å². The predicted molar refractivity (Wildman–Crippen MR) is 109 cm³/mol. The van der Waals surface area contributed by atoms with E-state index in [0.29, 0.717) is 13.2 Å². The molecule has 1 amide bonds. The lowest BCUT2D eigenvalue weighted by Crippen LogP contribution is -2.29. The maximum Gasteiger partial charge on any atom is 0.226 e. The molecule has 0 radical (unpaired) electrons. The molecule has 148 valence electrons. The number of imidazole rings is 1. The van der Waals surface area contributed by atoms with Gasteiger partial charge in [0.1, 0.15) is 5.65 Å². The Morgan fingerprint density at radius 3 is 2.71 bits per heavy atom. The second kappa shape index (κ2) is 8.99. The number of carbonyl (C=O) groups is 1. The van der Waals surface area contributed by atoms with Crippen molar-refractivity contribution in [2.45, 2.75) is 27.2 Å². The minimum atomic E-state index is -0.0824. The molecule has 2 aromatic heterocycles. The smallest absolute Gasteiger partial charge is 0.226 e. The minimum Gasteiger partial charge on any atom is -0.394 e. The maximum atomic E-state index is 12.5. The van der Waals surface area contributed by atoms with Gasteiger partial charge < -0.3 is 19.6 Å². The van der Waals surface area contributed by atoms with Gasteiger partial charge in [-0.05, 0) is 49.6 Å². The van der Waals surface area contributed by atoms with Gasteiger partial charge in [0.15, 0.2) is 0 Å². The van der Waals surface area contributed by atoms with E-state index in [2.05, 4.69) is 37.4 Å². The molecule has 1 aromatic carbocycles. The third-order valence-corrected chi connectivity index (χ3v) is 4.86. The molecule has 0 spiro atoms. The summed E-state index contributed by atoms with van der Waals surface area (Å²) >= 11 is 0. The topological polar surface area (TPSA) is 75.9 Å². The fourth-order valence-corrected chi connectivity index (χ4v) is 3.19. The van der Waals surface area contributed by atoms with Crippen molar-refractivity contribution in [3.8, 4) is 11.3 Å². The monoisotopic (exact) mass is 381 g/mol. The maximum absolute atomic E-state index is 12.5. The molecule has 0 saturated heterocycles. The van der Waals surface area contributed by atoms with Crippen LogP contribution in [0.4, 0.5) is 0 Å². The number of nitrogens with one attached hydrogen (secondary N) is 1. The van der Waals surface area contributed by atoms with Crippen LogP contribution in [0.25, 0.3) is 16.9 Å². The Morgan fingerprint density at radius 2 is 1.96 bits per heavy atom. The van der Waals surface area contributed by atoms with Gasteiger partial charge in [0.2, 0.25) is 5.91 Å². The lowest BCUT2D eigenvalue weighted by Gasteiger charge is -2.09. The first-order valence-corrected chi connectivity index (χ1v) is 9.50. The molecule has 3 rings (SSSR count). The van der Waals surface area contributed by atoms with Crippen LogP contribution in [0.2, 0.25) is 0 Å². The molecular weight excluding hydrogens is 354 g/mol. The number of carbonyl (C=O) groups excluding carboxylic acids is 1. The van der Waals surface area contributed by atoms with Crippen molar-refractivity contribution in [2.75, 3.05) is 26.4 Å². The molecule has 2 heterocycles. The van der Waals surface area contributed by atoms with Crippen LogP contribution in [0.3, 0.4) is 0 Å². The van der Waals surface area contributed by atoms with Gasteiger partial charge in [0.25, 0.3) is 0 Å². The van der Waals surface area contributed by atoms with E-state index < -0.39 is 0 Å². The minimum absolute atomic E-state index is 0.0194. The van der Waals surface area contributed by atoms with Gasteiger partial charge in [0.05, 0.1) is 37.6 Å². The van der Waals surface area contributed by atoms with E-state index in [-0.39, 0.29) is 25.5 Å². The van der Waals surface area contributed by atoms with Crippen LogP contribution < -0.4 is 5.32 Å². The Kier molecular flexibility index (Phi) is 6.44. The number of benzene rings is 1. The normalized spacial score (nSPS) is 11.1. The van der Waals surface area contributed by atoms with Crippen molar-refractivity contribution in [3.05, 3.63) is 58.9 Å². The van der Waals surface area contributed by atoms with Crippen LogP contribution in [0.15, 0.2) is 36.5 Å². The molecule has 0 bridgehead atoms. The Balaban J connectivity index is 1.90. The summed E-state index contributed by atoms with van der Waals surface area (Å²) < 4.78 is 7.19. The van der Waals surface area contributed by atoms with Crippen LogP contribution in [-0.2, 0) is 16.0 Å². The molecule has 0 fully saturated rings. The summed E-state index contributed by atoms with van der Waals surface area (Å²) in [6, 6.07) is 10.3. The van der Waals surface area contributed by atoms with Crippen molar-refractivity contribution in [1.82, 2.24) is 14.7 Å². The van der Waals surface area contributed by atoms with E-state index in [1.165, 1.54) is 11.1 Å². The van der Waals surface area contributed by atoms with Crippen molar-refractivity contribution < 1.29 is 14.6 Å². The van der Waals surface area contributed by atoms with Gasteiger partial charge in [-0.1, -0.05) is 18.2 Å². The number of hydrogen-bond donors (Lipinski definition) is 2. The number of amides is 1. The molecule has 0 aliphatic carbocycles. The van der Waals surface area contributed by atoms with Gasteiger partial charge in [0, 0.05) is 18.3 Å². The van der Waals surface area contributed by atoms with E-state index in [1.54, 1.807) is 0 Å². The highest BCUT2D eigenvalue weighted by atomic mass is 16.5. The average molecular weight is 381 g/mol. The summed E-state index contributed by atoms with van der Waals surface area (Å²) in [6.07, 6.45) is 2.18. The predicted octanol–water partition coefficient (Wildman–Crippen LogP) is 2.59. The number of hydrogen-bond acceptors (Lipinski definition) is 4. The van der Waals surface area contributed by atoms with Crippen molar-refractivity contribution >= 4 is 11.6 Å². The first kappa shape index (κ1) is 20.0. The number of fused-ring (bicyclic) bond motifs is 1. The summed E-state index contributed by atoms with van der Waals surface area (Å²) in [5.74, 6) is -0.0824. The molecule has 2 N–H and O–H groups in total. The first-order valence-electron chi connectivity index (χ1n) is 9.50. The van der Waals surface area contributed by atoms with Gasteiger partial charge in [-0.3, -0.25) is 4.79 Å². The third kappa shape index (κ3) is 4.40. The third-order valence-electron chi connectivity index (χ3n) is 4.86. The zero-order chi connectivity index (χ0) is 20.1. The lowest BCUT2D eigenvalue weighted by molar-refractivity contribution is -0.120. The molecule has 6 nitrogen and oxygen atoms in total.